The summed E-state index contributed by atoms with van der Waals surface area (Å²) < 4.78 is 0. The highest BCUT2D eigenvalue weighted by atomic mass is 16.1. The fourth-order valence-corrected chi connectivity index (χ4v) is 2.06. The summed E-state index contributed by atoms with van der Waals surface area (Å²) in [6.45, 7) is 6.93. The first-order chi connectivity index (χ1) is 8.82. The summed E-state index contributed by atoms with van der Waals surface area (Å²) >= 11 is 0. The van der Waals surface area contributed by atoms with Gasteiger partial charge in [-0.05, 0) is 38.6 Å². The van der Waals surface area contributed by atoms with Gasteiger partial charge in [0.1, 0.15) is 0 Å². The van der Waals surface area contributed by atoms with Crippen LogP contribution < -0.4 is 11.1 Å². The number of nitrogens with one attached hydrogen (secondary N) is 1. The topological polar surface area (TPSA) is 58.4 Å². The first-order valence-corrected chi connectivity index (χ1v) is 6.63. The number of benzene rings is 1. The minimum absolute atomic E-state index is 0.0869. The number of aryl methyl sites for hydroxylation is 1. The maximum absolute atomic E-state index is 12.4. The molecule has 0 aliphatic carbocycles. The Morgan fingerprint density at radius 2 is 2.00 bits per heavy atom. The Morgan fingerprint density at radius 3 is 2.47 bits per heavy atom. The van der Waals surface area contributed by atoms with Crippen LogP contribution in [-0.4, -0.2) is 37.5 Å². The van der Waals surface area contributed by atoms with E-state index in [1.807, 2.05) is 33.2 Å². The van der Waals surface area contributed by atoms with Crippen molar-refractivity contribution in [3.63, 3.8) is 0 Å². The van der Waals surface area contributed by atoms with E-state index in [4.69, 9.17) is 5.73 Å². The Hall–Kier alpha value is -1.55. The van der Waals surface area contributed by atoms with Crippen LogP contribution in [0.2, 0.25) is 0 Å². The summed E-state index contributed by atoms with van der Waals surface area (Å²) in [7, 11) is 4.01. The number of nitrogens with two attached hydrogens (primary N) is 1. The fourth-order valence-electron chi connectivity index (χ4n) is 2.06. The van der Waals surface area contributed by atoms with Crippen molar-refractivity contribution in [2.75, 3.05) is 26.4 Å². The fraction of sp³-hybridized carbons (Fsp3) is 0.533. The highest BCUT2D eigenvalue weighted by Crippen LogP contribution is 2.16. The van der Waals surface area contributed by atoms with E-state index in [0.717, 1.165) is 12.1 Å². The second-order valence-electron chi connectivity index (χ2n) is 5.63. The van der Waals surface area contributed by atoms with Gasteiger partial charge in [0.15, 0.2) is 0 Å². The van der Waals surface area contributed by atoms with Crippen molar-refractivity contribution < 1.29 is 4.79 Å². The summed E-state index contributed by atoms with van der Waals surface area (Å²) in [6, 6.07) is 5.64. The minimum atomic E-state index is -0.0869. The van der Waals surface area contributed by atoms with E-state index in [9.17, 15) is 4.79 Å². The van der Waals surface area contributed by atoms with Crippen LogP contribution in [0.5, 0.6) is 0 Å². The van der Waals surface area contributed by atoms with E-state index in [1.54, 1.807) is 6.07 Å². The number of hydrogen-bond donors (Lipinski definition) is 2. The van der Waals surface area contributed by atoms with Crippen molar-refractivity contribution in [3.05, 3.63) is 29.3 Å². The molecule has 3 N–H and O–H groups in total. The van der Waals surface area contributed by atoms with Crippen molar-refractivity contribution in [2.24, 2.45) is 5.92 Å². The molecule has 1 unspecified atom stereocenters. The molecular weight excluding hydrogens is 238 g/mol. The van der Waals surface area contributed by atoms with Gasteiger partial charge < -0.3 is 16.0 Å². The SMILES string of the molecule is Cc1cccc(N)c1C(=O)NC(CN(C)C)C(C)C. The molecule has 0 bridgehead atoms. The van der Waals surface area contributed by atoms with Crippen molar-refractivity contribution in [2.45, 2.75) is 26.8 Å². The first kappa shape index (κ1) is 15.5. The molecule has 0 aliphatic rings. The van der Waals surface area contributed by atoms with Crippen LogP contribution >= 0.6 is 0 Å². The average molecular weight is 263 g/mol. The number of nitrogens with zero attached hydrogens (tertiary/aromatic N) is 1. The van der Waals surface area contributed by atoms with Crippen LogP contribution in [0.3, 0.4) is 0 Å². The molecular formula is C15H25N3O. The van der Waals surface area contributed by atoms with Gasteiger partial charge in [-0.15, -0.1) is 0 Å². The molecule has 4 heteroatoms. The lowest BCUT2D eigenvalue weighted by atomic mass is 10.0. The minimum Gasteiger partial charge on any atom is -0.398 e. The third-order valence-corrected chi connectivity index (χ3v) is 3.22. The van der Waals surface area contributed by atoms with Crippen LogP contribution in [0.15, 0.2) is 18.2 Å². The summed E-state index contributed by atoms with van der Waals surface area (Å²) in [5, 5.41) is 3.09. The molecule has 1 rings (SSSR count). The second-order valence-corrected chi connectivity index (χ2v) is 5.63. The standard InChI is InChI=1S/C15H25N3O/c1-10(2)13(9-18(4)5)17-15(19)14-11(3)7-6-8-12(14)16/h6-8,10,13H,9,16H2,1-5H3,(H,17,19). The van der Waals surface area contributed by atoms with Gasteiger partial charge in [0.25, 0.3) is 5.91 Å². The Kier molecular flexibility index (Phi) is 5.36. The Bertz CT molecular complexity index is 421. The first-order valence-electron chi connectivity index (χ1n) is 6.63. The van der Waals surface area contributed by atoms with Gasteiger partial charge in [-0.3, -0.25) is 4.79 Å². The number of likely N-dealkylation sites (N-methyl/N-ethyl adjacent to an activating group) is 1. The third kappa shape index (κ3) is 4.24. The molecule has 0 saturated carbocycles. The number of amides is 1. The predicted molar refractivity (Wildman–Crippen MR) is 80.2 cm³/mol. The molecule has 0 spiro atoms. The maximum Gasteiger partial charge on any atom is 0.253 e. The number of anilines is 1. The molecule has 1 atom stereocenters. The lowest BCUT2D eigenvalue weighted by Crippen LogP contribution is -2.45. The lowest BCUT2D eigenvalue weighted by molar-refractivity contribution is 0.0917. The van der Waals surface area contributed by atoms with Crippen LogP contribution in [0, 0.1) is 12.8 Å². The summed E-state index contributed by atoms with van der Waals surface area (Å²) in [4.78, 5) is 14.4. The van der Waals surface area contributed by atoms with Gasteiger partial charge in [-0.1, -0.05) is 26.0 Å². The van der Waals surface area contributed by atoms with E-state index in [-0.39, 0.29) is 11.9 Å². The number of hydrogen-bond acceptors (Lipinski definition) is 3. The van der Waals surface area contributed by atoms with E-state index in [0.29, 0.717) is 17.2 Å². The zero-order valence-corrected chi connectivity index (χ0v) is 12.5. The molecule has 0 fully saturated rings. The van der Waals surface area contributed by atoms with Crippen molar-refractivity contribution in [3.8, 4) is 0 Å². The Morgan fingerprint density at radius 1 is 1.37 bits per heavy atom. The molecule has 1 aromatic rings. The monoisotopic (exact) mass is 263 g/mol. The zero-order valence-electron chi connectivity index (χ0n) is 12.5. The molecule has 1 aromatic carbocycles. The Labute approximate surface area is 116 Å². The van der Waals surface area contributed by atoms with E-state index >= 15 is 0 Å². The molecule has 106 valence electrons. The van der Waals surface area contributed by atoms with Crippen LogP contribution in [-0.2, 0) is 0 Å². The van der Waals surface area contributed by atoms with Crippen molar-refractivity contribution >= 4 is 11.6 Å². The highest BCUT2D eigenvalue weighted by molar-refractivity contribution is 6.00. The van der Waals surface area contributed by atoms with Gasteiger partial charge in [0, 0.05) is 18.3 Å². The van der Waals surface area contributed by atoms with Crippen LogP contribution in [0.25, 0.3) is 0 Å². The molecule has 0 saturated heterocycles. The van der Waals surface area contributed by atoms with Gasteiger partial charge in [-0.25, -0.2) is 0 Å². The van der Waals surface area contributed by atoms with Crippen LogP contribution in [0.4, 0.5) is 5.69 Å². The smallest absolute Gasteiger partial charge is 0.253 e. The van der Waals surface area contributed by atoms with E-state index < -0.39 is 0 Å². The molecule has 0 heterocycles. The summed E-state index contributed by atoms with van der Waals surface area (Å²) in [6.07, 6.45) is 0. The predicted octanol–water partition coefficient (Wildman–Crippen LogP) is 1.89. The van der Waals surface area contributed by atoms with Gasteiger partial charge in [0.2, 0.25) is 0 Å². The number of nitrogen functional groups attached to an aromatic ring is 1. The number of carbonyl (C=O) groups excluding carboxylic acids is 1. The molecule has 4 nitrogen and oxygen atoms in total. The van der Waals surface area contributed by atoms with E-state index in [1.165, 1.54) is 0 Å². The largest absolute Gasteiger partial charge is 0.398 e. The molecule has 0 aliphatic heterocycles. The number of rotatable bonds is 5. The molecule has 1 amide bonds. The number of carbonyl (C=O) groups is 1. The quantitative estimate of drug-likeness (QED) is 0.798. The summed E-state index contributed by atoms with van der Waals surface area (Å²) in [5.41, 5.74) is 7.93. The maximum atomic E-state index is 12.4. The lowest BCUT2D eigenvalue weighted by Gasteiger charge is -2.26. The molecule has 0 radical (unpaired) electrons. The summed E-state index contributed by atoms with van der Waals surface area (Å²) in [5.74, 6) is 0.285. The van der Waals surface area contributed by atoms with Crippen LogP contribution in [0.1, 0.15) is 29.8 Å². The van der Waals surface area contributed by atoms with Crippen molar-refractivity contribution in [1.29, 1.82) is 0 Å². The van der Waals surface area contributed by atoms with Crippen molar-refractivity contribution in [1.82, 2.24) is 10.2 Å². The average Bonchev–Trinajstić information content (AvgIpc) is 2.27. The Balaban J connectivity index is 2.88. The van der Waals surface area contributed by atoms with Gasteiger partial charge in [0.05, 0.1) is 5.56 Å². The van der Waals surface area contributed by atoms with E-state index in [2.05, 4.69) is 24.1 Å². The molecule has 19 heavy (non-hydrogen) atoms. The third-order valence-electron chi connectivity index (χ3n) is 3.22. The zero-order chi connectivity index (χ0) is 14.6. The van der Waals surface area contributed by atoms with Gasteiger partial charge >= 0.3 is 0 Å². The normalized spacial score (nSPS) is 12.8. The second kappa shape index (κ2) is 6.57. The highest BCUT2D eigenvalue weighted by Gasteiger charge is 2.20. The van der Waals surface area contributed by atoms with Gasteiger partial charge in [-0.2, -0.15) is 0 Å². The molecule has 0 aromatic heterocycles.